The minimum Gasteiger partial charge on any atom is -0.497 e. The van der Waals surface area contributed by atoms with Gasteiger partial charge in [0, 0.05) is 10.4 Å². The number of methoxy groups -OCH3 is 1. The van der Waals surface area contributed by atoms with E-state index in [9.17, 15) is 9.90 Å². The van der Waals surface area contributed by atoms with Crippen LogP contribution in [0.2, 0.25) is 0 Å². The average Bonchev–Trinajstić information content (AvgIpc) is 3.12. The summed E-state index contributed by atoms with van der Waals surface area (Å²) in [6.45, 7) is -0.0229. The zero-order valence-corrected chi connectivity index (χ0v) is 14.5. The summed E-state index contributed by atoms with van der Waals surface area (Å²) in [4.78, 5) is 13.3. The molecular weight excluding hydrogens is 336 g/mol. The number of carbonyl (C=O) groups excluding carboxylic acids is 1. The fourth-order valence-electron chi connectivity index (χ4n) is 2.49. The van der Waals surface area contributed by atoms with Gasteiger partial charge in [-0.1, -0.05) is 6.07 Å². The summed E-state index contributed by atoms with van der Waals surface area (Å²) in [5.41, 5.74) is 9.36. The number of ether oxygens (including phenoxy) is 1. The minimum atomic E-state index is -0.251. The molecule has 5 nitrogen and oxygen atoms in total. The van der Waals surface area contributed by atoms with Crippen LogP contribution in [0.15, 0.2) is 53.9 Å². The highest BCUT2D eigenvalue weighted by Gasteiger charge is 2.12. The summed E-state index contributed by atoms with van der Waals surface area (Å²) >= 11 is 1.49. The highest BCUT2D eigenvalue weighted by Crippen LogP contribution is 2.32. The molecule has 2 aromatic carbocycles. The lowest BCUT2D eigenvalue weighted by atomic mass is 10.0. The maximum absolute atomic E-state index is 12.4. The van der Waals surface area contributed by atoms with Crippen molar-refractivity contribution in [2.45, 2.75) is 6.61 Å². The molecule has 128 valence electrons. The highest BCUT2D eigenvalue weighted by molar-refractivity contribution is 7.10. The summed E-state index contributed by atoms with van der Waals surface area (Å²) in [6.07, 6.45) is 0. The molecule has 0 unspecified atom stereocenters. The van der Waals surface area contributed by atoms with Crippen LogP contribution in [0.5, 0.6) is 5.75 Å². The van der Waals surface area contributed by atoms with Crippen molar-refractivity contribution in [1.82, 2.24) is 0 Å². The molecule has 0 fully saturated rings. The maximum atomic E-state index is 12.4. The average molecular weight is 354 g/mol. The third-order valence-corrected chi connectivity index (χ3v) is 4.76. The van der Waals surface area contributed by atoms with Crippen molar-refractivity contribution in [3.8, 4) is 16.9 Å². The van der Waals surface area contributed by atoms with Crippen molar-refractivity contribution >= 4 is 28.6 Å². The van der Waals surface area contributed by atoms with Gasteiger partial charge in [0.15, 0.2) is 0 Å². The van der Waals surface area contributed by atoms with Gasteiger partial charge in [0.2, 0.25) is 0 Å². The number of nitrogen functional groups attached to an aromatic ring is 1. The zero-order valence-electron chi connectivity index (χ0n) is 13.7. The lowest BCUT2D eigenvalue weighted by molar-refractivity contribution is 0.102. The first-order valence-corrected chi connectivity index (χ1v) is 8.53. The monoisotopic (exact) mass is 354 g/mol. The van der Waals surface area contributed by atoms with Gasteiger partial charge in [0.1, 0.15) is 5.75 Å². The fourth-order valence-corrected chi connectivity index (χ4v) is 3.25. The largest absolute Gasteiger partial charge is 0.497 e. The molecule has 0 aliphatic rings. The van der Waals surface area contributed by atoms with Crippen molar-refractivity contribution in [2.24, 2.45) is 0 Å². The summed E-state index contributed by atoms with van der Waals surface area (Å²) in [5, 5.41) is 14.2. The molecule has 1 amide bonds. The molecule has 0 aliphatic carbocycles. The number of amides is 1. The predicted molar refractivity (Wildman–Crippen MR) is 101 cm³/mol. The van der Waals surface area contributed by atoms with Gasteiger partial charge in [0.05, 0.1) is 25.1 Å². The number of anilines is 2. The Morgan fingerprint density at radius 3 is 2.64 bits per heavy atom. The van der Waals surface area contributed by atoms with Crippen molar-refractivity contribution in [3.05, 3.63) is 64.4 Å². The molecule has 0 radical (unpaired) electrons. The van der Waals surface area contributed by atoms with E-state index in [1.54, 1.807) is 37.4 Å². The molecule has 0 saturated carbocycles. The van der Waals surface area contributed by atoms with E-state index in [0.29, 0.717) is 22.7 Å². The lowest BCUT2D eigenvalue weighted by Crippen LogP contribution is -2.13. The van der Waals surface area contributed by atoms with Gasteiger partial charge < -0.3 is 20.9 Å². The van der Waals surface area contributed by atoms with E-state index in [4.69, 9.17) is 10.5 Å². The van der Waals surface area contributed by atoms with E-state index < -0.39 is 0 Å². The molecule has 3 rings (SSSR count). The number of aliphatic hydroxyl groups excluding tert-OH is 1. The quantitative estimate of drug-likeness (QED) is 0.609. The molecule has 0 aliphatic heterocycles. The predicted octanol–water partition coefficient (Wildman–Crippen LogP) is 3.75. The fraction of sp³-hybridized carbons (Fsp3) is 0.105. The Morgan fingerprint density at radius 2 is 1.96 bits per heavy atom. The number of benzene rings is 2. The number of thiophene rings is 1. The van der Waals surface area contributed by atoms with Crippen LogP contribution >= 0.6 is 11.3 Å². The van der Waals surface area contributed by atoms with Gasteiger partial charge in [-0.3, -0.25) is 4.79 Å². The van der Waals surface area contributed by atoms with Gasteiger partial charge in [-0.2, -0.15) is 0 Å². The van der Waals surface area contributed by atoms with Crippen LogP contribution in [0.1, 0.15) is 15.2 Å². The van der Waals surface area contributed by atoms with Crippen LogP contribution in [0.3, 0.4) is 0 Å². The van der Waals surface area contributed by atoms with E-state index in [0.717, 1.165) is 16.0 Å². The molecule has 6 heteroatoms. The second kappa shape index (κ2) is 7.38. The Kier molecular flexibility index (Phi) is 5.02. The second-order valence-electron chi connectivity index (χ2n) is 5.40. The van der Waals surface area contributed by atoms with Crippen molar-refractivity contribution < 1.29 is 14.6 Å². The van der Waals surface area contributed by atoms with E-state index in [-0.39, 0.29) is 12.5 Å². The molecule has 0 spiro atoms. The lowest BCUT2D eigenvalue weighted by Gasteiger charge is -2.11. The first-order valence-electron chi connectivity index (χ1n) is 7.65. The van der Waals surface area contributed by atoms with Crippen molar-refractivity contribution in [1.29, 1.82) is 0 Å². The van der Waals surface area contributed by atoms with Gasteiger partial charge >= 0.3 is 0 Å². The van der Waals surface area contributed by atoms with E-state index in [1.807, 2.05) is 23.6 Å². The molecule has 25 heavy (non-hydrogen) atoms. The molecule has 1 heterocycles. The van der Waals surface area contributed by atoms with E-state index in [2.05, 4.69) is 5.32 Å². The van der Waals surface area contributed by atoms with Gasteiger partial charge in [-0.25, -0.2) is 0 Å². The molecule has 1 aromatic heterocycles. The third kappa shape index (κ3) is 3.65. The molecule has 0 saturated heterocycles. The van der Waals surface area contributed by atoms with E-state index in [1.165, 1.54) is 11.3 Å². The maximum Gasteiger partial charge on any atom is 0.255 e. The standard InChI is InChI=1S/C19H18N2O3S/c1-24-14-5-2-12(3-6-14)19(23)21-17-10-13(4-7-16(17)20)15-8-9-25-18(15)11-22/h2-10,22H,11,20H2,1H3,(H,21,23). The SMILES string of the molecule is COc1ccc(C(=O)Nc2cc(-c3ccsc3CO)ccc2N)cc1. The van der Waals surface area contributed by atoms with Crippen LogP contribution in [0, 0.1) is 0 Å². The summed E-state index contributed by atoms with van der Waals surface area (Å²) in [7, 11) is 1.58. The first kappa shape index (κ1) is 17.0. The normalized spacial score (nSPS) is 10.5. The topological polar surface area (TPSA) is 84.6 Å². The Bertz CT molecular complexity index is 888. The first-order chi connectivity index (χ1) is 12.1. The van der Waals surface area contributed by atoms with Crippen LogP contribution in [-0.2, 0) is 6.61 Å². The molecule has 4 N–H and O–H groups in total. The Balaban J connectivity index is 1.86. The Hall–Kier alpha value is -2.83. The van der Waals surface area contributed by atoms with Gasteiger partial charge in [-0.15, -0.1) is 11.3 Å². The van der Waals surface area contributed by atoms with Crippen LogP contribution in [0.25, 0.3) is 11.1 Å². The van der Waals surface area contributed by atoms with E-state index >= 15 is 0 Å². The second-order valence-corrected chi connectivity index (χ2v) is 6.40. The van der Waals surface area contributed by atoms with Crippen LogP contribution in [-0.4, -0.2) is 18.1 Å². The smallest absolute Gasteiger partial charge is 0.255 e. The number of nitrogens with two attached hydrogens (primary N) is 1. The van der Waals surface area contributed by atoms with Gasteiger partial charge in [0.25, 0.3) is 5.91 Å². The number of hydrogen-bond acceptors (Lipinski definition) is 5. The number of carbonyl (C=O) groups is 1. The summed E-state index contributed by atoms with van der Waals surface area (Å²) < 4.78 is 5.09. The number of nitrogens with one attached hydrogen (secondary N) is 1. The molecular formula is C19H18N2O3S. The van der Waals surface area contributed by atoms with Crippen LogP contribution in [0.4, 0.5) is 11.4 Å². The van der Waals surface area contributed by atoms with Crippen molar-refractivity contribution in [3.63, 3.8) is 0 Å². The Morgan fingerprint density at radius 1 is 1.20 bits per heavy atom. The Labute approximate surface area is 149 Å². The summed E-state index contributed by atoms with van der Waals surface area (Å²) in [6, 6.07) is 14.2. The zero-order chi connectivity index (χ0) is 17.8. The highest BCUT2D eigenvalue weighted by atomic mass is 32.1. The number of hydrogen-bond donors (Lipinski definition) is 3. The van der Waals surface area contributed by atoms with Gasteiger partial charge in [-0.05, 0) is 59.0 Å². The number of aliphatic hydroxyl groups is 1. The number of rotatable bonds is 5. The minimum absolute atomic E-state index is 0.0229. The molecule has 0 atom stereocenters. The molecule has 0 bridgehead atoms. The van der Waals surface area contributed by atoms with Crippen molar-refractivity contribution in [2.75, 3.05) is 18.2 Å². The summed E-state index contributed by atoms with van der Waals surface area (Å²) in [5.74, 6) is 0.436. The molecule has 3 aromatic rings. The van der Waals surface area contributed by atoms with Crippen LogP contribution < -0.4 is 15.8 Å². The third-order valence-electron chi connectivity index (χ3n) is 3.85.